The van der Waals surface area contributed by atoms with Gasteiger partial charge in [0.25, 0.3) is 0 Å². The molecule has 0 bridgehead atoms. The normalized spacial score (nSPS) is 11.8. The maximum atomic E-state index is 9.43. The van der Waals surface area contributed by atoms with Crippen LogP contribution in [0.25, 0.3) is 0 Å². The van der Waals surface area contributed by atoms with Gasteiger partial charge in [0, 0.05) is 25.2 Å². The lowest BCUT2D eigenvalue weighted by Gasteiger charge is -2.29. The highest BCUT2D eigenvalue weighted by molar-refractivity contribution is 5.59. The highest BCUT2D eigenvalue weighted by atomic mass is 16.3. The third kappa shape index (κ3) is 2.66. The van der Waals surface area contributed by atoms with Gasteiger partial charge in [-0.05, 0) is 12.8 Å². The van der Waals surface area contributed by atoms with Crippen molar-refractivity contribution >= 4 is 11.5 Å². The number of nitrogens with one attached hydrogen (secondary N) is 1. The molecule has 1 aromatic heterocycles. The molecule has 1 rings (SSSR count). The average molecular weight is 226 g/mol. The Bertz CT molecular complexity index is 322. The van der Waals surface area contributed by atoms with E-state index in [9.17, 15) is 5.11 Å². The number of aliphatic hydroxyl groups excluding tert-OH is 1. The van der Waals surface area contributed by atoms with E-state index < -0.39 is 0 Å². The van der Waals surface area contributed by atoms with E-state index in [-0.39, 0.29) is 12.0 Å². The van der Waals surface area contributed by atoms with Crippen molar-refractivity contribution in [1.82, 2.24) is 9.78 Å². The Hall–Kier alpha value is -1.23. The van der Waals surface area contributed by atoms with Crippen molar-refractivity contribution in [1.29, 1.82) is 0 Å². The van der Waals surface area contributed by atoms with Crippen molar-refractivity contribution in [2.24, 2.45) is 12.5 Å². The van der Waals surface area contributed by atoms with Crippen LogP contribution in [-0.2, 0) is 7.05 Å². The molecule has 0 aliphatic carbocycles. The molecule has 0 aliphatic rings. The van der Waals surface area contributed by atoms with Gasteiger partial charge in [0.2, 0.25) is 0 Å². The van der Waals surface area contributed by atoms with Gasteiger partial charge >= 0.3 is 0 Å². The number of aryl methyl sites for hydroxylation is 1. The molecule has 16 heavy (non-hydrogen) atoms. The van der Waals surface area contributed by atoms with Crippen LogP contribution >= 0.6 is 0 Å². The van der Waals surface area contributed by atoms with Gasteiger partial charge in [0.1, 0.15) is 0 Å². The molecule has 0 fully saturated rings. The summed E-state index contributed by atoms with van der Waals surface area (Å²) in [6.07, 6.45) is 3.63. The second kappa shape index (κ2) is 5.21. The number of nitrogen functional groups attached to an aromatic ring is 1. The van der Waals surface area contributed by atoms with Crippen molar-refractivity contribution in [3.8, 4) is 0 Å². The predicted molar refractivity (Wildman–Crippen MR) is 66.2 cm³/mol. The molecule has 0 radical (unpaired) electrons. The van der Waals surface area contributed by atoms with Gasteiger partial charge in [-0.2, -0.15) is 5.10 Å². The molecule has 0 aromatic carbocycles. The van der Waals surface area contributed by atoms with Crippen LogP contribution < -0.4 is 11.1 Å². The molecule has 1 heterocycles. The molecule has 0 saturated heterocycles. The Morgan fingerprint density at radius 1 is 1.50 bits per heavy atom. The summed E-state index contributed by atoms with van der Waals surface area (Å²) in [7, 11) is 1.83. The van der Waals surface area contributed by atoms with Gasteiger partial charge in [0.05, 0.1) is 12.3 Å². The first-order valence-electron chi connectivity index (χ1n) is 5.70. The van der Waals surface area contributed by atoms with E-state index in [0.717, 1.165) is 12.8 Å². The van der Waals surface area contributed by atoms with E-state index in [2.05, 4.69) is 24.3 Å². The van der Waals surface area contributed by atoms with E-state index in [4.69, 9.17) is 5.73 Å². The minimum Gasteiger partial charge on any atom is -0.396 e. The van der Waals surface area contributed by atoms with E-state index in [1.54, 1.807) is 10.9 Å². The highest BCUT2D eigenvalue weighted by Crippen LogP contribution is 2.26. The molecule has 1 aromatic rings. The van der Waals surface area contributed by atoms with Crippen LogP contribution in [0.2, 0.25) is 0 Å². The lowest BCUT2D eigenvalue weighted by atomic mass is 9.83. The lowest BCUT2D eigenvalue weighted by molar-refractivity contribution is 0.127. The summed E-state index contributed by atoms with van der Waals surface area (Å²) in [4.78, 5) is 0. The Labute approximate surface area is 96.6 Å². The second-order valence-electron chi connectivity index (χ2n) is 4.33. The van der Waals surface area contributed by atoms with Gasteiger partial charge in [-0.25, -0.2) is 0 Å². The largest absolute Gasteiger partial charge is 0.396 e. The standard InChI is InChI=1S/C11H22N4O/c1-4-11(5-2,8-16)7-13-10-9(12)6-15(3)14-10/h6,16H,4-5,7-8,12H2,1-3H3,(H,13,14). The van der Waals surface area contributed by atoms with E-state index >= 15 is 0 Å². The SMILES string of the molecule is CCC(CC)(CO)CNc1nn(C)cc1N. The topological polar surface area (TPSA) is 76.1 Å². The zero-order chi connectivity index (χ0) is 12.2. The molecule has 0 aliphatic heterocycles. The summed E-state index contributed by atoms with van der Waals surface area (Å²) in [5.74, 6) is 0.697. The van der Waals surface area contributed by atoms with Crippen LogP contribution in [0.4, 0.5) is 11.5 Å². The molecule has 0 saturated carbocycles. The zero-order valence-corrected chi connectivity index (χ0v) is 10.3. The zero-order valence-electron chi connectivity index (χ0n) is 10.3. The van der Waals surface area contributed by atoms with E-state index in [0.29, 0.717) is 18.1 Å². The quantitative estimate of drug-likeness (QED) is 0.681. The number of hydrogen-bond acceptors (Lipinski definition) is 4. The molecule has 0 unspecified atom stereocenters. The first-order chi connectivity index (χ1) is 7.56. The molecular formula is C11H22N4O. The van der Waals surface area contributed by atoms with Gasteiger partial charge in [-0.15, -0.1) is 0 Å². The maximum Gasteiger partial charge on any atom is 0.171 e. The molecular weight excluding hydrogens is 204 g/mol. The third-order valence-corrected chi connectivity index (χ3v) is 3.32. The van der Waals surface area contributed by atoms with Gasteiger partial charge in [0.15, 0.2) is 5.82 Å². The van der Waals surface area contributed by atoms with Gasteiger partial charge in [-0.3, -0.25) is 4.68 Å². The number of hydrogen-bond donors (Lipinski definition) is 3. The van der Waals surface area contributed by atoms with Crippen LogP contribution in [0.15, 0.2) is 6.20 Å². The monoisotopic (exact) mass is 226 g/mol. The summed E-state index contributed by atoms with van der Waals surface area (Å²) in [5.41, 5.74) is 6.35. The Kier molecular flexibility index (Phi) is 4.18. The number of nitrogens with two attached hydrogens (primary N) is 1. The van der Waals surface area contributed by atoms with Crippen molar-refractivity contribution < 1.29 is 5.11 Å². The lowest BCUT2D eigenvalue weighted by Crippen LogP contribution is -2.32. The minimum atomic E-state index is -0.0794. The van der Waals surface area contributed by atoms with Crippen LogP contribution in [0.3, 0.4) is 0 Å². The smallest absolute Gasteiger partial charge is 0.171 e. The van der Waals surface area contributed by atoms with Crippen molar-refractivity contribution in [3.05, 3.63) is 6.20 Å². The molecule has 0 spiro atoms. The number of rotatable bonds is 6. The molecule has 0 atom stereocenters. The van der Waals surface area contributed by atoms with Gasteiger partial charge < -0.3 is 16.2 Å². The van der Waals surface area contributed by atoms with E-state index in [1.807, 2.05) is 7.05 Å². The van der Waals surface area contributed by atoms with Crippen molar-refractivity contribution in [2.45, 2.75) is 26.7 Å². The number of aromatic nitrogens is 2. The number of aliphatic hydroxyl groups is 1. The molecule has 5 heteroatoms. The summed E-state index contributed by atoms with van der Waals surface area (Å²) < 4.78 is 1.68. The average Bonchev–Trinajstić information content (AvgIpc) is 2.60. The maximum absolute atomic E-state index is 9.43. The number of anilines is 2. The first kappa shape index (κ1) is 12.8. The summed E-state index contributed by atoms with van der Waals surface area (Å²) in [6, 6.07) is 0. The number of nitrogens with zero attached hydrogens (tertiary/aromatic N) is 2. The molecule has 4 N–H and O–H groups in total. The summed E-state index contributed by atoms with van der Waals surface area (Å²) in [6.45, 7) is 5.05. The molecule has 0 amide bonds. The van der Waals surface area contributed by atoms with Crippen molar-refractivity contribution in [2.75, 3.05) is 24.2 Å². The fourth-order valence-corrected chi connectivity index (χ4v) is 1.69. The Balaban J connectivity index is 2.65. The Morgan fingerprint density at radius 3 is 2.50 bits per heavy atom. The Morgan fingerprint density at radius 2 is 2.12 bits per heavy atom. The third-order valence-electron chi connectivity index (χ3n) is 3.32. The molecule has 5 nitrogen and oxygen atoms in total. The van der Waals surface area contributed by atoms with Crippen LogP contribution in [0, 0.1) is 5.41 Å². The van der Waals surface area contributed by atoms with Crippen LogP contribution in [0.5, 0.6) is 0 Å². The second-order valence-corrected chi connectivity index (χ2v) is 4.33. The van der Waals surface area contributed by atoms with Crippen molar-refractivity contribution in [3.63, 3.8) is 0 Å². The van der Waals surface area contributed by atoms with Gasteiger partial charge in [-0.1, -0.05) is 13.8 Å². The van der Waals surface area contributed by atoms with Crippen LogP contribution in [-0.4, -0.2) is 28.0 Å². The summed E-state index contributed by atoms with van der Waals surface area (Å²) >= 11 is 0. The predicted octanol–water partition coefficient (Wildman–Crippen LogP) is 1.21. The first-order valence-corrected chi connectivity index (χ1v) is 5.70. The van der Waals surface area contributed by atoms with E-state index in [1.165, 1.54) is 0 Å². The molecule has 92 valence electrons. The fourth-order valence-electron chi connectivity index (χ4n) is 1.69. The fraction of sp³-hybridized carbons (Fsp3) is 0.727. The highest BCUT2D eigenvalue weighted by Gasteiger charge is 2.25. The minimum absolute atomic E-state index is 0.0794. The van der Waals surface area contributed by atoms with Crippen LogP contribution in [0.1, 0.15) is 26.7 Å². The summed E-state index contributed by atoms with van der Waals surface area (Å²) in [5, 5.41) is 16.9.